The van der Waals surface area contributed by atoms with Gasteiger partial charge in [0.2, 0.25) is 34.5 Å². The Hall–Kier alpha value is -5.62. The van der Waals surface area contributed by atoms with Gasteiger partial charge in [0, 0.05) is 0 Å². The van der Waals surface area contributed by atoms with Crippen molar-refractivity contribution in [2.24, 2.45) is 0 Å². The normalized spacial score (nSPS) is 16.2. The van der Waals surface area contributed by atoms with Gasteiger partial charge in [-0.25, -0.2) is 0 Å². The van der Waals surface area contributed by atoms with E-state index in [4.69, 9.17) is 27.1 Å². The van der Waals surface area contributed by atoms with Crippen LogP contribution >= 0.6 is 16.2 Å². The van der Waals surface area contributed by atoms with Crippen LogP contribution in [-0.4, -0.2) is 0 Å². The van der Waals surface area contributed by atoms with E-state index >= 15 is 0 Å². The fraction of sp³-hybridized carbons (Fsp3) is 0. The van der Waals surface area contributed by atoms with Gasteiger partial charge in [-0.1, -0.05) is 72.8 Å². The van der Waals surface area contributed by atoms with Gasteiger partial charge in [0.05, 0.1) is 11.4 Å². The molecule has 6 aromatic rings. The summed E-state index contributed by atoms with van der Waals surface area (Å²) in [4.78, 5) is 0. The molecule has 6 aromatic carbocycles. The average molecular weight is 658 g/mol. The smallest absolute Gasteiger partial charge is 0.349 e. The fourth-order valence-corrected chi connectivity index (χ4v) is 11.0. The lowest BCUT2D eigenvalue weighted by atomic mass is 10.2. The largest absolute Gasteiger partial charge is 0.674 e. The van der Waals surface area contributed by atoms with E-state index in [0.29, 0.717) is 45.9 Å². The van der Waals surface area contributed by atoms with Gasteiger partial charge in [-0.15, -0.1) is 9.34 Å². The number of nitrogens with zero attached hydrogens (tertiary/aromatic N) is 2. The highest BCUT2D eigenvalue weighted by atomic mass is 31.2. The predicted octanol–water partition coefficient (Wildman–Crippen LogP) is 10.8. The Morgan fingerprint density at radius 2 is 0.681 bits per heavy atom. The molecule has 0 bridgehead atoms. The van der Waals surface area contributed by atoms with E-state index in [9.17, 15) is 0 Å². The van der Waals surface area contributed by atoms with Crippen LogP contribution in [-0.2, 0) is 0 Å². The third-order valence-electron chi connectivity index (χ3n) is 8.19. The van der Waals surface area contributed by atoms with Crippen LogP contribution < -0.4 is 41.8 Å². The van der Waals surface area contributed by atoms with Crippen molar-refractivity contribution in [3.8, 4) is 34.5 Å². The van der Waals surface area contributed by atoms with E-state index in [1.807, 2.05) is 155 Å². The van der Waals surface area contributed by atoms with Gasteiger partial charge in [-0.3, -0.25) is 27.1 Å². The first-order valence-corrected chi connectivity index (χ1v) is 18.1. The van der Waals surface area contributed by atoms with E-state index in [2.05, 4.69) is 5.32 Å². The third-order valence-corrected chi connectivity index (χ3v) is 12.6. The molecule has 0 spiro atoms. The van der Waals surface area contributed by atoms with Crippen LogP contribution in [0.5, 0.6) is 34.5 Å². The van der Waals surface area contributed by atoms with Crippen molar-refractivity contribution in [1.29, 1.82) is 0 Å². The van der Waals surface area contributed by atoms with E-state index in [-0.39, 0.29) is 0 Å². The van der Waals surface area contributed by atoms with Crippen LogP contribution in [0.4, 0.5) is 34.1 Å². The molecule has 1 N–H and O–H groups in total. The molecule has 9 nitrogen and oxygen atoms in total. The topological polar surface area (TPSA) is 73.9 Å². The van der Waals surface area contributed by atoms with Crippen molar-refractivity contribution in [2.75, 3.05) is 14.7 Å². The lowest BCUT2D eigenvalue weighted by Crippen LogP contribution is -2.21. The number of fused-ring (bicyclic) bond motifs is 10. The molecule has 4 aliphatic rings. The summed E-state index contributed by atoms with van der Waals surface area (Å²) < 4.78 is 43.9. The number of benzene rings is 6. The summed E-state index contributed by atoms with van der Waals surface area (Å²) in [6, 6.07) is 46.9. The molecule has 228 valence electrons. The number of rotatable bonds is 6. The zero-order chi connectivity index (χ0) is 31.0. The Morgan fingerprint density at radius 1 is 0.383 bits per heavy atom. The molecule has 0 aromatic heterocycles. The summed E-state index contributed by atoms with van der Waals surface area (Å²) in [5, 5.41) is 3.55. The highest BCUT2D eigenvalue weighted by Gasteiger charge is 2.71. The summed E-state index contributed by atoms with van der Waals surface area (Å²) in [5.74, 6) is 3.96. The molecule has 0 fully saturated rings. The van der Waals surface area contributed by atoms with Crippen LogP contribution in [0, 0.1) is 0 Å². The van der Waals surface area contributed by atoms with E-state index in [1.54, 1.807) is 0 Å². The molecule has 0 aliphatic carbocycles. The molecule has 10 rings (SSSR count). The Morgan fingerprint density at radius 3 is 1.04 bits per heavy atom. The number of nitrogens with one attached hydrogen (secondary N) is 1. The maximum Gasteiger partial charge on any atom is 0.674 e. The van der Waals surface area contributed by atoms with Gasteiger partial charge >= 0.3 is 16.2 Å². The van der Waals surface area contributed by atoms with Crippen molar-refractivity contribution >= 4 is 50.3 Å². The minimum absolute atomic E-state index is 0.560. The molecule has 0 atom stereocenters. The molecular weight excluding hydrogens is 632 g/mol. The Kier molecular flexibility index (Phi) is 5.62. The molecule has 0 amide bonds. The molecule has 0 unspecified atom stereocenters. The third kappa shape index (κ3) is 3.97. The van der Waals surface area contributed by atoms with Crippen LogP contribution in [0.15, 0.2) is 146 Å². The van der Waals surface area contributed by atoms with Crippen LogP contribution in [0.2, 0.25) is 0 Å². The van der Waals surface area contributed by atoms with Crippen molar-refractivity contribution in [3.05, 3.63) is 146 Å². The maximum atomic E-state index is 6.82. The average Bonchev–Trinajstić information content (AvgIpc) is 3.78. The van der Waals surface area contributed by atoms with Crippen molar-refractivity contribution in [3.63, 3.8) is 0 Å². The monoisotopic (exact) mass is 657 g/mol. The molecular formula is C36H25N3O6P2+2. The number of hydrogen-bond acceptors (Lipinski definition) is 9. The Labute approximate surface area is 271 Å². The molecule has 4 heterocycles. The van der Waals surface area contributed by atoms with Gasteiger partial charge in [-0.2, -0.15) is 0 Å². The van der Waals surface area contributed by atoms with Crippen LogP contribution in [0.25, 0.3) is 0 Å². The van der Waals surface area contributed by atoms with Crippen LogP contribution in [0.3, 0.4) is 0 Å². The number of para-hydroxylation sites is 12. The van der Waals surface area contributed by atoms with Crippen molar-refractivity contribution in [1.82, 2.24) is 0 Å². The second kappa shape index (κ2) is 9.94. The lowest BCUT2D eigenvalue weighted by Gasteiger charge is -2.20. The van der Waals surface area contributed by atoms with E-state index < -0.39 is 16.2 Å². The first kappa shape index (κ1) is 26.6. The first-order valence-electron chi connectivity index (χ1n) is 15.1. The SMILES string of the molecule is c1ccc(O[P+]23Oc4ccccc4N2c2ccccc2O3)c(Nc2ccccc2O[P+]23Oc4ccccc4N2c2ccccc2O3)c1. The molecule has 0 saturated carbocycles. The van der Waals surface area contributed by atoms with Gasteiger partial charge in [0.15, 0.2) is 0 Å². The van der Waals surface area contributed by atoms with Gasteiger partial charge in [0.25, 0.3) is 0 Å². The minimum Gasteiger partial charge on any atom is -0.349 e. The predicted molar refractivity (Wildman–Crippen MR) is 184 cm³/mol. The van der Waals surface area contributed by atoms with Crippen molar-refractivity contribution < 1.29 is 27.1 Å². The van der Waals surface area contributed by atoms with Crippen LogP contribution in [0.1, 0.15) is 0 Å². The second-order valence-electron chi connectivity index (χ2n) is 11.1. The molecule has 11 heteroatoms. The van der Waals surface area contributed by atoms with Gasteiger partial charge in [-0.05, 0) is 72.8 Å². The lowest BCUT2D eigenvalue weighted by molar-refractivity contribution is 0.377. The number of hydrogen-bond donors (Lipinski definition) is 1. The standard InChI is InChI=1S/C36H25N3O6P2/c1-7-19-31(40-46-38(27-15-3-9-21-33(27)42-46)28-16-4-10-22-34(28)43-46)25(13-1)37-26-14-2-8-20-32(26)41-47-39(29-17-5-11-23-35(29)44-47)30-18-6-12-24-36(30)45-47/h1-24,37H/q+2. The highest BCUT2D eigenvalue weighted by Crippen LogP contribution is 2.79. The minimum atomic E-state index is -3.12. The summed E-state index contributed by atoms with van der Waals surface area (Å²) >= 11 is 0. The summed E-state index contributed by atoms with van der Waals surface area (Å²) in [6.07, 6.45) is 0. The fourth-order valence-electron chi connectivity index (χ4n) is 6.17. The number of anilines is 6. The maximum absolute atomic E-state index is 6.82. The Bertz CT molecular complexity index is 1960. The first-order chi connectivity index (χ1) is 23.2. The molecule has 47 heavy (non-hydrogen) atoms. The van der Waals surface area contributed by atoms with Crippen molar-refractivity contribution in [2.45, 2.75) is 0 Å². The molecule has 4 aliphatic heterocycles. The molecule has 0 radical (unpaired) electrons. The second-order valence-corrected chi connectivity index (χ2v) is 14.9. The zero-order valence-electron chi connectivity index (χ0n) is 24.6. The molecule has 0 saturated heterocycles. The zero-order valence-corrected chi connectivity index (χ0v) is 26.4. The van der Waals surface area contributed by atoms with Gasteiger partial charge < -0.3 is 5.32 Å². The van der Waals surface area contributed by atoms with E-state index in [1.165, 1.54) is 0 Å². The van der Waals surface area contributed by atoms with E-state index in [0.717, 1.165) is 22.7 Å². The summed E-state index contributed by atoms with van der Waals surface area (Å²) in [5.41, 5.74) is 5.01. The highest BCUT2D eigenvalue weighted by molar-refractivity contribution is 7.66. The summed E-state index contributed by atoms with van der Waals surface area (Å²) in [6.45, 7) is 0. The quantitative estimate of drug-likeness (QED) is 0.176. The Balaban J connectivity index is 0.998. The summed E-state index contributed by atoms with van der Waals surface area (Å²) in [7, 11) is -6.25. The van der Waals surface area contributed by atoms with Gasteiger partial charge in [0.1, 0.15) is 22.7 Å².